The predicted molar refractivity (Wildman–Crippen MR) is 79.1 cm³/mol. The molecule has 3 rings (SSSR count). The minimum Gasteiger partial charge on any atom is -0.308 e. The van der Waals surface area contributed by atoms with Gasteiger partial charge in [0.1, 0.15) is 5.82 Å². The van der Waals surface area contributed by atoms with Gasteiger partial charge in [0.25, 0.3) is 0 Å². The molecule has 5 heteroatoms. The fourth-order valence-corrected chi connectivity index (χ4v) is 3.51. The molecule has 2 heterocycles. The summed E-state index contributed by atoms with van der Waals surface area (Å²) in [6.07, 6.45) is 5.05. The number of nitrogens with two attached hydrogens (primary N) is 1. The smallest absolute Gasteiger partial charge is 0.162 e. The molecule has 0 unspecified atom stereocenters. The first-order valence-electron chi connectivity index (χ1n) is 6.66. The number of nitrogens with one attached hydrogen (secondary N) is 1. The van der Waals surface area contributed by atoms with Crippen molar-refractivity contribution in [3.63, 3.8) is 0 Å². The van der Waals surface area contributed by atoms with E-state index in [1.807, 2.05) is 6.07 Å². The molecule has 0 spiro atoms. The van der Waals surface area contributed by atoms with Crippen molar-refractivity contribution in [1.29, 1.82) is 0 Å². The zero-order valence-electron chi connectivity index (χ0n) is 11.0. The summed E-state index contributed by atoms with van der Waals surface area (Å²) in [7, 11) is 0. The van der Waals surface area contributed by atoms with Crippen molar-refractivity contribution in [3.8, 4) is 11.4 Å². The molecule has 0 atom stereocenters. The Labute approximate surface area is 117 Å². The van der Waals surface area contributed by atoms with Crippen LogP contribution in [0.2, 0.25) is 0 Å². The van der Waals surface area contributed by atoms with Crippen LogP contribution in [0.1, 0.15) is 42.9 Å². The van der Waals surface area contributed by atoms with Crippen LogP contribution in [0.3, 0.4) is 0 Å². The number of rotatable bonds is 3. The minimum absolute atomic E-state index is 0.563. The molecule has 0 aliphatic heterocycles. The first-order valence-corrected chi connectivity index (χ1v) is 7.61. The number of hydrazine groups is 1. The van der Waals surface area contributed by atoms with E-state index in [1.165, 1.54) is 31.2 Å². The van der Waals surface area contributed by atoms with E-state index in [2.05, 4.69) is 28.1 Å². The molecule has 1 saturated carbocycles. The molecule has 2 aromatic rings. The number of aryl methyl sites for hydroxylation is 1. The van der Waals surface area contributed by atoms with Gasteiger partial charge in [0.05, 0.1) is 0 Å². The monoisotopic (exact) mass is 274 g/mol. The van der Waals surface area contributed by atoms with E-state index >= 15 is 0 Å². The van der Waals surface area contributed by atoms with E-state index in [1.54, 1.807) is 11.3 Å². The van der Waals surface area contributed by atoms with E-state index in [9.17, 15) is 0 Å². The third kappa shape index (κ3) is 2.48. The van der Waals surface area contributed by atoms with Crippen LogP contribution < -0.4 is 11.3 Å². The second kappa shape index (κ2) is 5.27. The summed E-state index contributed by atoms with van der Waals surface area (Å²) >= 11 is 1.68. The average molecular weight is 274 g/mol. The molecular formula is C14H18N4S. The summed E-state index contributed by atoms with van der Waals surface area (Å²) in [5, 5.41) is 4.22. The van der Waals surface area contributed by atoms with Crippen molar-refractivity contribution in [2.24, 2.45) is 5.84 Å². The highest BCUT2D eigenvalue weighted by atomic mass is 32.1. The summed E-state index contributed by atoms with van der Waals surface area (Å²) in [4.78, 5) is 9.25. The van der Waals surface area contributed by atoms with Gasteiger partial charge < -0.3 is 5.43 Å². The lowest BCUT2D eigenvalue weighted by atomic mass is 10.0. The molecule has 1 aliphatic carbocycles. The molecule has 0 amide bonds. The van der Waals surface area contributed by atoms with Crippen LogP contribution in [0.15, 0.2) is 16.8 Å². The van der Waals surface area contributed by atoms with Crippen LogP contribution in [0.4, 0.5) is 5.82 Å². The van der Waals surface area contributed by atoms with Crippen LogP contribution in [0.25, 0.3) is 11.4 Å². The Hall–Kier alpha value is -1.46. The third-order valence-electron chi connectivity index (χ3n) is 3.76. The molecule has 0 radical (unpaired) electrons. The minimum atomic E-state index is 0.563. The van der Waals surface area contributed by atoms with Crippen molar-refractivity contribution < 1.29 is 0 Å². The second-order valence-electron chi connectivity index (χ2n) is 5.10. The summed E-state index contributed by atoms with van der Waals surface area (Å²) in [5.74, 6) is 7.60. The standard InChI is InChI=1S/C14H18N4S/c1-9-7-19-8-11(9)14-16-12(6-13(17-14)18-15)10-4-2-3-5-10/h6-8,10H,2-5,15H2,1H3,(H,16,17,18). The molecular weight excluding hydrogens is 256 g/mol. The van der Waals surface area contributed by atoms with Gasteiger partial charge >= 0.3 is 0 Å². The molecule has 0 bridgehead atoms. The first kappa shape index (κ1) is 12.6. The average Bonchev–Trinajstić information content (AvgIpc) is 3.09. The van der Waals surface area contributed by atoms with Crippen molar-refractivity contribution in [2.45, 2.75) is 38.5 Å². The number of hydrogen-bond donors (Lipinski definition) is 2. The highest BCUT2D eigenvalue weighted by Crippen LogP contribution is 2.35. The molecule has 0 aromatic carbocycles. The lowest BCUT2D eigenvalue weighted by Gasteiger charge is -2.12. The molecule has 1 fully saturated rings. The topological polar surface area (TPSA) is 63.8 Å². The zero-order chi connectivity index (χ0) is 13.2. The number of nitrogens with zero attached hydrogens (tertiary/aromatic N) is 2. The molecule has 3 N–H and O–H groups in total. The van der Waals surface area contributed by atoms with Gasteiger partial charge in [-0.05, 0) is 30.7 Å². The number of anilines is 1. The number of hydrogen-bond acceptors (Lipinski definition) is 5. The largest absolute Gasteiger partial charge is 0.308 e. The fourth-order valence-electron chi connectivity index (χ4n) is 2.68. The molecule has 19 heavy (non-hydrogen) atoms. The normalized spacial score (nSPS) is 15.9. The third-order valence-corrected chi connectivity index (χ3v) is 4.63. The van der Waals surface area contributed by atoms with Gasteiger partial charge in [-0.1, -0.05) is 12.8 Å². The maximum Gasteiger partial charge on any atom is 0.162 e. The summed E-state index contributed by atoms with van der Waals surface area (Å²) in [6.45, 7) is 2.09. The van der Waals surface area contributed by atoms with Gasteiger partial charge in [-0.25, -0.2) is 15.8 Å². The van der Waals surface area contributed by atoms with Crippen LogP contribution in [-0.2, 0) is 0 Å². The Morgan fingerprint density at radius 2 is 2.05 bits per heavy atom. The predicted octanol–water partition coefficient (Wildman–Crippen LogP) is 3.46. The molecule has 1 aliphatic rings. The van der Waals surface area contributed by atoms with E-state index in [0.717, 1.165) is 17.1 Å². The van der Waals surface area contributed by atoms with Crippen molar-refractivity contribution >= 4 is 17.2 Å². The Kier molecular flexibility index (Phi) is 3.48. The summed E-state index contributed by atoms with van der Waals surface area (Å²) in [6, 6.07) is 1.99. The van der Waals surface area contributed by atoms with Crippen molar-refractivity contribution in [1.82, 2.24) is 9.97 Å². The quantitative estimate of drug-likeness (QED) is 0.664. The Morgan fingerprint density at radius 1 is 1.26 bits per heavy atom. The van der Waals surface area contributed by atoms with Gasteiger partial charge in [-0.3, -0.25) is 0 Å². The van der Waals surface area contributed by atoms with Crippen LogP contribution >= 0.6 is 11.3 Å². The molecule has 0 saturated heterocycles. The van der Waals surface area contributed by atoms with E-state index < -0.39 is 0 Å². The molecule has 100 valence electrons. The number of nitrogen functional groups attached to an aromatic ring is 1. The SMILES string of the molecule is Cc1cscc1-c1nc(NN)cc(C2CCCC2)n1. The van der Waals surface area contributed by atoms with Gasteiger partial charge in [-0.2, -0.15) is 11.3 Å². The van der Waals surface area contributed by atoms with Crippen LogP contribution in [-0.4, -0.2) is 9.97 Å². The molecule has 4 nitrogen and oxygen atoms in total. The van der Waals surface area contributed by atoms with Crippen LogP contribution in [0.5, 0.6) is 0 Å². The van der Waals surface area contributed by atoms with Crippen LogP contribution in [0, 0.1) is 6.92 Å². The number of thiophene rings is 1. The second-order valence-corrected chi connectivity index (χ2v) is 5.84. The van der Waals surface area contributed by atoms with Gasteiger partial charge in [0.15, 0.2) is 5.82 Å². The molecule has 2 aromatic heterocycles. The zero-order valence-corrected chi connectivity index (χ0v) is 11.8. The highest BCUT2D eigenvalue weighted by Gasteiger charge is 2.20. The van der Waals surface area contributed by atoms with Gasteiger partial charge in [0, 0.05) is 28.6 Å². The summed E-state index contributed by atoms with van der Waals surface area (Å²) in [5.41, 5.74) is 6.12. The lowest BCUT2D eigenvalue weighted by Crippen LogP contribution is -2.11. The lowest BCUT2D eigenvalue weighted by molar-refractivity contribution is 0.695. The van der Waals surface area contributed by atoms with E-state index in [4.69, 9.17) is 10.8 Å². The maximum atomic E-state index is 5.54. The Bertz CT molecular complexity index is 573. The highest BCUT2D eigenvalue weighted by molar-refractivity contribution is 7.08. The first-order chi connectivity index (χ1) is 9.28. The Balaban J connectivity index is 2.04. The fraction of sp³-hybridized carbons (Fsp3) is 0.429. The van der Waals surface area contributed by atoms with E-state index in [0.29, 0.717) is 11.7 Å². The van der Waals surface area contributed by atoms with Crippen molar-refractivity contribution in [3.05, 3.63) is 28.1 Å². The van der Waals surface area contributed by atoms with Gasteiger partial charge in [0.2, 0.25) is 0 Å². The van der Waals surface area contributed by atoms with Crippen molar-refractivity contribution in [2.75, 3.05) is 5.43 Å². The maximum absolute atomic E-state index is 5.54. The van der Waals surface area contributed by atoms with E-state index in [-0.39, 0.29) is 0 Å². The Morgan fingerprint density at radius 3 is 2.68 bits per heavy atom. The summed E-state index contributed by atoms with van der Waals surface area (Å²) < 4.78 is 0. The number of aromatic nitrogens is 2. The van der Waals surface area contributed by atoms with Gasteiger partial charge in [-0.15, -0.1) is 0 Å².